The van der Waals surface area contributed by atoms with Crippen molar-refractivity contribution in [2.45, 2.75) is 38.5 Å². The van der Waals surface area contributed by atoms with Crippen molar-refractivity contribution in [3.8, 4) is 5.75 Å². The average Bonchev–Trinajstić information content (AvgIpc) is 2.95. The maximum absolute atomic E-state index is 12.6. The molecule has 0 atom stereocenters. The van der Waals surface area contributed by atoms with Gasteiger partial charge >= 0.3 is 0 Å². The maximum atomic E-state index is 12.6. The topological polar surface area (TPSA) is 55.6 Å². The number of likely N-dealkylation sites (tertiary alicyclic amines) is 1. The number of nitrogens with zero attached hydrogens (tertiary/aromatic N) is 1. The van der Waals surface area contributed by atoms with Gasteiger partial charge in [0.05, 0.1) is 12.8 Å². The van der Waals surface area contributed by atoms with Gasteiger partial charge < -0.3 is 15.4 Å². The second-order valence-corrected chi connectivity index (χ2v) is 6.46. The minimum absolute atomic E-state index is 0.0946. The van der Waals surface area contributed by atoms with Gasteiger partial charge in [0.15, 0.2) is 0 Å². The van der Waals surface area contributed by atoms with Gasteiger partial charge in [0.2, 0.25) is 0 Å². The van der Waals surface area contributed by atoms with Crippen molar-refractivity contribution in [3.05, 3.63) is 23.8 Å². The molecule has 3 rings (SSSR count). The van der Waals surface area contributed by atoms with E-state index in [2.05, 4.69) is 0 Å². The molecule has 114 valence electrons. The van der Waals surface area contributed by atoms with Gasteiger partial charge in [-0.25, -0.2) is 0 Å². The van der Waals surface area contributed by atoms with Crippen LogP contribution >= 0.6 is 0 Å². The van der Waals surface area contributed by atoms with E-state index in [1.807, 2.05) is 4.90 Å². The molecule has 0 radical (unpaired) electrons. The molecule has 2 aliphatic rings. The number of nitrogens with two attached hydrogens (primary N) is 1. The summed E-state index contributed by atoms with van der Waals surface area (Å²) in [6.45, 7) is 1.76. The van der Waals surface area contributed by atoms with Crippen LogP contribution in [0.1, 0.15) is 48.9 Å². The summed E-state index contributed by atoms with van der Waals surface area (Å²) in [6.07, 6.45) is 7.75. The lowest BCUT2D eigenvalue weighted by molar-refractivity contribution is 0.0587. The number of benzene rings is 1. The minimum atomic E-state index is 0.0946. The van der Waals surface area contributed by atoms with E-state index < -0.39 is 0 Å². The smallest absolute Gasteiger partial charge is 0.253 e. The highest BCUT2D eigenvalue weighted by molar-refractivity contribution is 5.95. The molecule has 1 saturated carbocycles. The predicted molar refractivity (Wildman–Crippen MR) is 83.4 cm³/mol. The Morgan fingerprint density at radius 3 is 2.43 bits per heavy atom. The lowest BCUT2D eigenvalue weighted by Gasteiger charge is -2.39. The number of amides is 1. The molecule has 2 N–H and O–H groups in total. The first-order chi connectivity index (χ1) is 10.1. The molecular formula is C17H24N2O2. The first kappa shape index (κ1) is 14.2. The van der Waals surface area contributed by atoms with Crippen LogP contribution < -0.4 is 10.5 Å². The summed E-state index contributed by atoms with van der Waals surface area (Å²) < 4.78 is 5.14. The van der Waals surface area contributed by atoms with Gasteiger partial charge in [-0.1, -0.05) is 12.8 Å². The Hall–Kier alpha value is -1.71. The third-order valence-electron chi connectivity index (χ3n) is 5.25. The first-order valence-corrected chi connectivity index (χ1v) is 7.86. The zero-order chi connectivity index (χ0) is 14.9. The van der Waals surface area contributed by atoms with Crippen molar-refractivity contribution < 1.29 is 9.53 Å². The maximum Gasteiger partial charge on any atom is 0.253 e. The molecule has 1 heterocycles. The van der Waals surface area contributed by atoms with Gasteiger partial charge in [0.25, 0.3) is 5.91 Å². The van der Waals surface area contributed by atoms with Crippen LogP contribution in [0.25, 0.3) is 0 Å². The van der Waals surface area contributed by atoms with E-state index in [1.54, 1.807) is 25.3 Å². The number of carbonyl (C=O) groups excluding carboxylic acids is 1. The highest BCUT2D eigenvalue weighted by Crippen LogP contribution is 2.46. The number of ether oxygens (including phenoxy) is 1. The molecule has 4 heteroatoms. The Labute approximate surface area is 126 Å². The summed E-state index contributed by atoms with van der Waals surface area (Å²) in [6, 6.07) is 5.30. The van der Waals surface area contributed by atoms with E-state index in [0.29, 0.717) is 22.4 Å². The molecule has 4 nitrogen and oxygen atoms in total. The number of piperidine rings is 1. The third-order valence-corrected chi connectivity index (χ3v) is 5.25. The fourth-order valence-corrected chi connectivity index (χ4v) is 3.86. The fraction of sp³-hybridized carbons (Fsp3) is 0.588. The Morgan fingerprint density at radius 2 is 1.86 bits per heavy atom. The summed E-state index contributed by atoms with van der Waals surface area (Å²) in [5.41, 5.74) is 7.62. The summed E-state index contributed by atoms with van der Waals surface area (Å²) in [5, 5.41) is 0. The lowest BCUT2D eigenvalue weighted by Crippen LogP contribution is -2.42. The Morgan fingerprint density at radius 1 is 1.19 bits per heavy atom. The second kappa shape index (κ2) is 5.58. The third kappa shape index (κ3) is 2.71. The Kier molecular flexibility index (Phi) is 3.79. The molecule has 0 unspecified atom stereocenters. The largest absolute Gasteiger partial charge is 0.495 e. The van der Waals surface area contributed by atoms with Crippen LogP contribution in [0.2, 0.25) is 0 Å². The van der Waals surface area contributed by atoms with Crippen molar-refractivity contribution >= 4 is 11.6 Å². The molecule has 1 aromatic rings. The standard InChI is InChI=1S/C17H24N2O2/c1-21-15-5-4-13(12-14(15)18)16(20)19-10-8-17(9-11-19)6-2-3-7-17/h4-5,12H,2-3,6-11,18H2,1H3. The zero-order valence-corrected chi connectivity index (χ0v) is 12.7. The van der Waals surface area contributed by atoms with Crippen molar-refractivity contribution in [1.82, 2.24) is 4.90 Å². The fourth-order valence-electron chi connectivity index (χ4n) is 3.86. The number of rotatable bonds is 2. The van der Waals surface area contributed by atoms with Crippen molar-refractivity contribution in [1.29, 1.82) is 0 Å². The number of nitrogen functional groups attached to an aromatic ring is 1. The number of carbonyl (C=O) groups is 1. The van der Waals surface area contributed by atoms with E-state index >= 15 is 0 Å². The van der Waals surface area contributed by atoms with E-state index in [-0.39, 0.29) is 5.91 Å². The Bertz CT molecular complexity index is 526. The summed E-state index contributed by atoms with van der Waals surface area (Å²) in [4.78, 5) is 14.6. The van der Waals surface area contributed by atoms with Crippen molar-refractivity contribution in [3.63, 3.8) is 0 Å². The van der Waals surface area contributed by atoms with Crippen LogP contribution in [-0.2, 0) is 0 Å². The number of hydrogen-bond donors (Lipinski definition) is 1. The number of anilines is 1. The SMILES string of the molecule is COc1ccc(C(=O)N2CCC3(CCCC3)CC2)cc1N. The van der Waals surface area contributed by atoms with E-state index in [9.17, 15) is 4.79 Å². The number of methoxy groups -OCH3 is 1. The number of hydrogen-bond acceptors (Lipinski definition) is 3. The van der Waals surface area contributed by atoms with Gasteiger partial charge in [-0.05, 0) is 49.3 Å². The van der Waals surface area contributed by atoms with Gasteiger partial charge in [0, 0.05) is 18.7 Å². The molecular weight excluding hydrogens is 264 g/mol. The van der Waals surface area contributed by atoms with E-state index in [4.69, 9.17) is 10.5 Å². The van der Waals surface area contributed by atoms with Crippen LogP contribution in [0.3, 0.4) is 0 Å². The molecule has 21 heavy (non-hydrogen) atoms. The van der Waals surface area contributed by atoms with Crippen LogP contribution in [-0.4, -0.2) is 31.0 Å². The quantitative estimate of drug-likeness (QED) is 0.851. The monoisotopic (exact) mass is 288 g/mol. The normalized spacial score (nSPS) is 20.7. The van der Waals surface area contributed by atoms with Crippen LogP contribution in [0.15, 0.2) is 18.2 Å². The summed E-state index contributed by atoms with van der Waals surface area (Å²) >= 11 is 0. The van der Waals surface area contributed by atoms with Gasteiger partial charge in [0.1, 0.15) is 5.75 Å². The molecule has 1 amide bonds. The second-order valence-electron chi connectivity index (χ2n) is 6.46. The van der Waals surface area contributed by atoms with Gasteiger partial charge in [-0.3, -0.25) is 4.79 Å². The minimum Gasteiger partial charge on any atom is -0.495 e. The summed E-state index contributed by atoms with van der Waals surface area (Å²) in [5.74, 6) is 0.715. The molecule has 1 saturated heterocycles. The van der Waals surface area contributed by atoms with Crippen LogP contribution in [0.5, 0.6) is 5.75 Å². The van der Waals surface area contributed by atoms with Crippen LogP contribution in [0, 0.1) is 5.41 Å². The predicted octanol–water partition coefficient (Wildman–Crippen LogP) is 3.07. The molecule has 0 bridgehead atoms. The van der Waals surface area contributed by atoms with E-state index in [0.717, 1.165) is 25.9 Å². The molecule has 2 fully saturated rings. The molecule has 1 spiro atoms. The van der Waals surface area contributed by atoms with Gasteiger partial charge in [-0.2, -0.15) is 0 Å². The van der Waals surface area contributed by atoms with Crippen molar-refractivity contribution in [2.75, 3.05) is 25.9 Å². The molecule has 1 aliphatic carbocycles. The summed E-state index contributed by atoms with van der Waals surface area (Å²) in [7, 11) is 1.58. The average molecular weight is 288 g/mol. The molecule has 1 aromatic carbocycles. The molecule has 0 aromatic heterocycles. The Balaban J connectivity index is 1.67. The molecule has 1 aliphatic heterocycles. The van der Waals surface area contributed by atoms with E-state index in [1.165, 1.54) is 25.7 Å². The highest BCUT2D eigenvalue weighted by atomic mass is 16.5. The lowest BCUT2D eigenvalue weighted by atomic mass is 9.77. The first-order valence-electron chi connectivity index (χ1n) is 7.86. The van der Waals surface area contributed by atoms with Crippen molar-refractivity contribution in [2.24, 2.45) is 5.41 Å². The van der Waals surface area contributed by atoms with Crippen LogP contribution in [0.4, 0.5) is 5.69 Å². The van der Waals surface area contributed by atoms with Gasteiger partial charge in [-0.15, -0.1) is 0 Å². The zero-order valence-electron chi connectivity index (χ0n) is 12.7. The highest BCUT2D eigenvalue weighted by Gasteiger charge is 2.38.